The first kappa shape index (κ1) is 12.0. The number of benzene rings is 1. The standard InChI is InChI=1S/C15H20N2/c1-11-7-12(2)9-14(8-11)17-15-6-4-3-5-13(15)10-16/h3-6,11-12,14,17H,7-9H2,1-2H3. The van der Waals surface area contributed by atoms with Crippen molar-refractivity contribution in [3.8, 4) is 6.07 Å². The smallest absolute Gasteiger partial charge is 0.101 e. The van der Waals surface area contributed by atoms with Crippen molar-refractivity contribution in [1.82, 2.24) is 0 Å². The average Bonchev–Trinajstić information content (AvgIpc) is 2.28. The molecule has 0 saturated heterocycles. The molecule has 1 fully saturated rings. The van der Waals surface area contributed by atoms with Gasteiger partial charge in [-0.25, -0.2) is 0 Å². The summed E-state index contributed by atoms with van der Waals surface area (Å²) in [5.41, 5.74) is 1.74. The summed E-state index contributed by atoms with van der Waals surface area (Å²) in [6.07, 6.45) is 3.76. The number of hydrogen-bond donors (Lipinski definition) is 1. The summed E-state index contributed by atoms with van der Waals surface area (Å²) in [6, 6.07) is 10.5. The molecule has 1 aromatic carbocycles. The predicted molar refractivity (Wildman–Crippen MR) is 70.7 cm³/mol. The first-order valence-electron chi connectivity index (χ1n) is 6.44. The van der Waals surface area contributed by atoms with Gasteiger partial charge in [-0.05, 0) is 43.2 Å². The SMILES string of the molecule is CC1CC(C)CC(Nc2ccccc2C#N)C1. The van der Waals surface area contributed by atoms with E-state index in [0.29, 0.717) is 6.04 Å². The first-order valence-corrected chi connectivity index (χ1v) is 6.44. The van der Waals surface area contributed by atoms with Gasteiger partial charge in [-0.15, -0.1) is 0 Å². The fraction of sp³-hybridized carbons (Fsp3) is 0.533. The van der Waals surface area contributed by atoms with Gasteiger partial charge in [0.25, 0.3) is 0 Å². The van der Waals surface area contributed by atoms with Gasteiger partial charge in [0.15, 0.2) is 0 Å². The molecule has 0 aromatic heterocycles. The molecule has 1 aliphatic carbocycles. The van der Waals surface area contributed by atoms with Crippen molar-refractivity contribution in [2.24, 2.45) is 11.8 Å². The van der Waals surface area contributed by atoms with E-state index in [-0.39, 0.29) is 0 Å². The summed E-state index contributed by atoms with van der Waals surface area (Å²) in [7, 11) is 0. The summed E-state index contributed by atoms with van der Waals surface area (Å²) in [4.78, 5) is 0. The zero-order chi connectivity index (χ0) is 12.3. The van der Waals surface area contributed by atoms with Gasteiger partial charge in [-0.2, -0.15) is 5.26 Å². The third-order valence-corrected chi connectivity index (χ3v) is 3.59. The molecule has 2 rings (SSSR count). The minimum Gasteiger partial charge on any atom is -0.381 e. The van der Waals surface area contributed by atoms with Gasteiger partial charge in [0.1, 0.15) is 6.07 Å². The maximum Gasteiger partial charge on any atom is 0.101 e. The summed E-state index contributed by atoms with van der Waals surface area (Å²) in [5, 5.41) is 12.6. The van der Waals surface area contributed by atoms with Crippen LogP contribution in [0.4, 0.5) is 5.69 Å². The Balaban J connectivity index is 2.08. The van der Waals surface area contributed by atoms with Crippen molar-refractivity contribution in [2.75, 3.05) is 5.32 Å². The molecule has 2 heteroatoms. The van der Waals surface area contributed by atoms with Crippen LogP contribution in [0.25, 0.3) is 0 Å². The predicted octanol–water partition coefficient (Wildman–Crippen LogP) is 3.79. The number of hydrogen-bond acceptors (Lipinski definition) is 2. The summed E-state index contributed by atoms with van der Waals surface area (Å²) in [6.45, 7) is 4.64. The molecule has 1 saturated carbocycles. The lowest BCUT2D eigenvalue weighted by atomic mass is 9.80. The fourth-order valence-electron chi connectivity index (χ4n) is 2.99. The van der Waals surface area contributed by atoms with Crippen LogP contribution in [0.1, 0.15) is 38.7 Å². The minimum atomic E-state index is 0.517. The number of para-hydroxylation sites is 1. The van der Waals surface area contributed by atoms with Crippen molar-refractivity contribution < 1.29 is 0 Å². The maximum atomic E-state index is 9.06. The van der Waals surface area contributed by atoms with E-state index in [2.05, 4.69) is 25.2 Å². The lowest BCUT2D eigenvalue weighted by Crippen LogP contribution is -2.30. The number of nitriles is 1. The summed E-state index contributed by atoms with van der Waals surface area (Å²) in [5.74, 6) is 1.57. The highest BCUT2D eigenvalue weighted by Crippen LogP contribution is 2.30. The van der Waals surface area contributed by atoms with E-state index >= 15 is 0 Å². The Morgan fingerprint density at radius 3 is 2.41 bits per heavy atom. The Kier molecular flexibility index (Phi) is 3.68. The third kappa shape index (κ3) is 3.00. The number of anilines is 1. The quantitative estimate of drug-likeness (QED) is 0.835. The zero-order valence-electron chi connectivity index (χ0n) is 10.6. The normalized spacial score (nSPS) is 28.4. The van der Waals surface area contributed by atoms with Gasteiger partial charge in [0.05, 0.1) is 11.3 Å². The van der Waals surface area contributed by atoms with E-state index in [1.807, 2.05) is 24.3 Å². The van der Waals surface area contributed by atoms with E-state index in [9.17, 15) is 0 Å². The molecular weight excluding hydrogens is 208 g/mol. The molecule has 1 N–H and O–H groups in total. The summed E-state index contributed by atoms with van der Waals surface area (Å²) >= 11 is 0. The Morgan fingerprint density at radius 1 is 1.12 bits per heavy atom. The monoisotopic (exact) mass is 228 g/mol. The van der Waals surface area contributed by atoms with Crippen LogP contribution in [0.15, 0.2) is 24.3 Å². The van der Waals surface area contributed by atoms with Gasteiger partial charge >= 0.3 is 0 Å². The Hall–Kier alpha value is -1.49. The molecule has 2 nitrogen and oxygen atoms in total. The molecule has 0 bridgehead atoms. The lowest BCUT2D eigenvalue weighted by Gasteiger charge is -2.32. The molecule has 90 valence electrons. The van der Waals surface area contributed by atoms with E-state index < -0.39 is 0 Å². The van der Waals surface area contributed by atoms with Crippen molar-refractivity contribution in [3.63, 3.8) is 0 Å². The Morgan fingerprint density at radius 2 is 1.76 bits per heavy atom. The van der Waals surface area contributed by atoms with Crippen LogP contribution in [0.2, 0.25) is 0 Å². The highest BCUT2D eigenvalue weighted by molar-refractivity contribution is 5.57. The van der Waals surface area contributed by atoms with Crippen LogP contribution < -0.4 is 5.32 Å². The van der Waals surface area contributed by atoms with E-state index in [4.69, 9.17) is 5.26 Å². The molecule has 2 atom stereocenters. The van der Waals surface area contributed by atoms with Crippen molar-refractivity contribution in [2.45, 2.75) is 39.2 Å². The topological polar surface area (TPSA) is 35.8 Å². The largest absolute Gasteiger partial charge is 0.381 e. The van der Waals surface area contributed by atoms with Crippen molar-refractivity contribution in [3.05, 3.63) is 29.8 Å². The highest BCUT2D eigenvalue weighted by Gasteiger charge is 2.24. The minimum absolute atomic E-state index is 0.517. The van der Waals surface area contributed by atoms with Crippen molar-refractivity contribution in [1.29, 1.82) is 5.26 Å². The fourth-order valence-corrected chi connectivity index (χ4v) is 2.99. The van der Waals surface area contributed by atoms with E-state index in [0.717, 1.165) is 23.1 Å². The van der Waals surface area contributed by atoms with Crippen LogP contribution in [0.3, 0.4) is 0 Å². The molecular formula is C15H20N2. The maximum absolute atomic E-state index is 9.06. The van der Waals surface area contributed by atoms with Crippen LogP contribution in [-0.4, -0.2) is 6.04 Å². The number of nitrogens with zero attached hydrogens (tertiary/aromatic N) is 1. The molecule has 0 heterocycles. The Labute approximate surface area is 104 Å². The molecule has 17 heavy (non-hydrogen) atoms. The average molecular weight is 228 g/mol. The van der Waals surface area contributed by atoms with Gasteiger partial charge in [0, 0.05) is 6.04 Å². The summed E-state index contributed by atoms with van der Waals surface area (Å²) < 4.78 is 0. The molecule has 1 aliphatic rings. The van der Waals surface area contributed by atoms with Gasteiger partial charge < -0.3 is 5.32 Å². The highest BCUT2D eigenvalue weighted by atomic mass is 14.9. The second-order valence-electron chi connectivity index (χ2n) is 5.42. The van der Waals surface area contributed by atoms with Crippen LogP contribution in [0, 0.1) is 23.2 Å². The zero-order valence-corrected chi connectivity index (χ0v) is 10.6. The molecule has 0 aliphatic heterocycles. The molecule has 0 radical (unpaired) electrons. The van der Waals surface area contributed by atoms with Crippen LogP contribution >= 0.6 is 0 Å². The van der Waals surface area contributed by atoms with Crippen LogP contribution in [-0.2, 0) is 0 Å². The van der Waals surface area contributed by atoms with Gasteiger partial charge in [-0.3, -0.25) is 0 Å². The number of nitrogens with one attached hydrogen (secondary N) is 1. The second kappa shape index (κ2) is 5.23. The lowest BCUT2D eigenvalue weighted by molar-refractivity contribution is 0.281. The van der Waals surface area contributed by atoms with E-state index in [1.54, 1.807) is 0 Å². The van der Waals surface area contributed by atoms with Crippen molar-refractivity contribution >= 4 is 5.69 Å². The molecule has 2 unspecified atom stereocenters. The van der Waals surface area contributed by atoms with Gasteiger partial charge in [0.2, 0.25) is 0 Å². The third-order valence-electron chi connectivity index (χ3n) is 3.59. The van der Waals surface area contributed by atoms with E-state index in [1.165, 1.54) is 19.3 Å². The molecule has 0 amide bonds. The first-order chi connectivity index (χ1) is 8.19. The Bertz CT molecular complexity index is 409. The van der Waals surface area contributed by atoms with Crippen LogP contribution in [0.5, 0.6) is 0 Å². The van der Waals surface area contributed by atoms with Gasteiger partial charge in [-0.1, -0.05) is 26.0 Å². The number of rotatable bonds is 2. The molecule has 1 aromatic rings. The molecule has 0 spiro atoms. The second-order valence-corrected chi connectivity index (χ2v) is 5.42.